The van der Waals surface area contributed by atoms with E-state index in [4.69, 9.17) is 0 Å². The molecule has 0 unspecified atom stereocenters. The van der Waals surface area contributed by atoms with Crippen LogP contribution in [-0.2, 0) is 6.42 Å². The first-order valence-corrected chi connectivity index (χ1v) is 4.47. The Balaban J connectivity index is 2.04. The minimum absolute atomic E-state index is 0.726. The maximum absolute atomic E-state index is 4.14. The molecule has 68 valence electrons. The van der Waals surface area contributed by atoms with E-state index in [1.807, 2.05) is 6.20 Å². The zero-order valence-electron chi connectivity index (χ0n) is 7.80. The summed E-state index contributed by atoms with van der Waals surface area (Å²) >= 11 is 0. The van der Waals surface area contributed by atoms with Crippen LogP contribution in [0.4, 0.5) is 0 Å². The van der Waals surface area contributed by atoms with Crippen LogP contribution in [0.15, 0.2) is 12.5 Å². The molecule has 0 aliphatic rings. The number of imidazole rings is 1. The Bertz CT molecular complexity index is 192. The van der Waals surface area contributed by atoms with E-state index < -0.39 is 0 Å². The molecule has 1 aromatic heterocycles. The van der Waals surface area contributed by atoms with Gasteiger partial charge in [-0.15, -0.1) is 0 Å². The zero-order valence-corrected chi connectivity index (χ0v) is 7.80. The Morgan fingerprint density at radius 1 is 1.58 bits per heavy atom. The third kappa shape index (κ3) is 3.53. The molecule has 0 aromatic carbocycles. The number of H-pyrrole nitrogens is 1. The van der Waals surface area contributed by atoms with Gasteiger partial charge < -0.3 is 10.3 Å². The second-order valence-corrected chi connectivity index (χ2v) is 3.41. The van der Waals surface area contributed by atoms with Gasteiger partial charge in [0.05, 0.1) is 12.0 Å². The lowest BCUT2D eigenvalue weighted by molar-refractivity contribution is 0.553. The van der Waals surface area contributed by atoms with Crippen LogP contribution in [0.25, 0.3) is 0 Å². The summed E-state index contributed by atoms with van der Waals surface area (Å²) in [7, 11) is 0. The molecule has 1 rings (SSSR count). The van der Waals surface area contributed by atoms with E-state index >= 15 is 0 Å². The van der Waals surface area contributed by atoms with E-state index in [2.05, 4.69) is 29.1 Å². The zero-order chi connectivity index (χ0) is 8.81. The standard InChI is InChI=1S/C9H17N3/c1-8(2)5-10-4-3-9-6-11-7-12-9/h6-8,10H,3-5H2,1-2H3,(H,11,12). The molecule has 0 spiro atoms. The van der Waals surface area contributed by atoms with Crippen LogP contribution in [0.5, 0.6) is 0 Å². The molecule has 0 amide bonds. The fraction of sp³-hybridized carbons (Fsp3) is 0.667. The van der Waals surface area contributed by atoms with Crippen molar-refractivity contribution in [3.8, 4) is 0 Å². The molecular formula is C9H17N3. The first kappa shape index (κ1) is 9.26. The molecule has 0 saturated carbocycles. The van der Waals surface area contributed by atoms with E-state index in [1.54, 1.807) is 6.33 Å². The second kappa shape index (κ2) is 4.93. The molecule has 0 fully saturated rings. The molecule has 0 bridgehead atoms. The number of aromatic nitrogens is 2. The normalized spacial score (nSPS) is 10.9. The Kier molecular flexibility index (Phi) is 3.80. The van der Waals surface area contributed by atoms with Crippen molar-refractivity contribution < 1.29 is 0 Å². The molecule has 3 heteroatoms. The molecule has 12 heavy (non-hydrogen) atoms. The fourth-order valence-electron chi connectivity index (χ4n) is 1.03. The number of rotatable bonds is 5. The first-order valence-electron chi connectivity index (χ1n) is 4.47. The van der Waals surface area contributed by atoms with Gasteiger partial charge in [0.15, 0.2) is 0 Å². The van der Waals surface area contributed by atoms with Gasteiger partial charge in [-0.1, -0.05) is 13.8 Å². The van der Waals surface area contributed by atoms with Crippen LogP contribution >= 0.6 is 0 Å². The maximum Gasteiger partial charge on any atom is 0.0923 e. The fourth-order valence-corrected chi connectivity index (χ4v) is 1.03. The lowest BCUT2D eigenvalue weighted by atomic mass is 10.2. The van der Waals surface area contributed by atoms with E-state index in [0.29, 0.717) is 0 Å². The molecule has 0 radical (unpaired) electrons. The Labute approximate surface area is 73.6 Å². The molecular weight excluding hydrogens is 150 g/mol. The predicted molar refractivity (Wildman–Crippen MR) is 50.0 cm³/mol. The molecule has 0 atom stereocenters. The minimum atomic E-state index is 0.726. The molecule has 2 N–H and O–H groups in total. The number of hydrogen-bond acceptors (Lipinski definition) is 2. The van der Waals surface area contributed by atoms with Gasteiger partial charge in [0.25, 0.3) is 0 Å². The van der Waals surface area contributed by atoms with Gasteiger partial charge in [-0.3, -0.25) is 0 Å². The van der Waals surface area contributed by atoms with Crippen molar-refractivity contribution in [2.75, 3.05) is 13.1 Å². The van der Waals surface area contributed by atoms with Gasteiger partial charge in [0.1, 0.15) is 0 Å². The van der Waals surface area contributed by atoms with Gasteiger partial charge in [0.2, 0.25) is 0 Å². The average Bonchev–Trinajstić information content (AvgIpc) is 2.49. The molecule has 0 aliphatic heterocycles. The van der Waals surface area contributed by atoms with E-state index in [0.717, 1.165) is 31.1 Å². The first-order chi connectivity index (χ1) is 5.79. The summed E-state index contributed by atoms with van der Waals surface area (Å²) in [6, 6.07) is 0. The third-order valence-corrected chi connectivity index (χ3v) is 1.67. The lowest BCUT2D eigenvalue weighted by Crippen LogP contribution is -2.22. The molecule has 0 aliphatic carbocycles. The Hall–Kier alpha value is -0.830. The van der Waals surface area contributed by atoms with Crippen molar-refractivity contribution in [3.63, 3.8) is 0 Å². The van der Waals surface area contributed by atoms with Crippen molar-refractivity contribution in [1.82, 2.24) is 15.3 Å². The number of hydrogen-bond donors (Lipinski definition) is 2. The van der Waals surface area contributed by atoms with E-state index in [-0.39, 0.29) is 0 Å². The summed E-state index contributed by atoms with van der Waals surface area (Å²) in [6.45, 7) is 6.52. The van der Waals surface area contributed by atoms with Crippen molar-refractivity contribution in [2.24, 2.45) is 5.92 Å². The van der Waals surface area contributed by atoms with Gasteiger partial charge in [-0.05, 0) is 12.5 Å². The lowest BCUT2D eigenvalue weighted by Gasteiger charge is -2.05. The number of nitrogens with one attached hydrogen (secondary N) is 2. The van der Waals surface area contributed by atoms with Crippen LogP contribution in [0, 0.1) is 5.92 Å². The van der Waals surface area contributed by atoms with Gasteiger partial charge in [-0.25, -0.2) is 4.98 Å². The Morgan fingerprint density at radius 2 is 2.42 bits per heavy atom. The summed E-state index contributed by atoms with van der Waals surface area (Å²) in [5.41, 5.74) is 1.13. The van der Waals surface area contributed by atoms with Crippen LogP contribution in [0.2, 0.25) is 0 Å². The average molecular weight is 167 g/mol. The minimum Gasteiger partial charge on any atom is -0.351 e. The maximum atomic E-state index is 4.14. The highest BCUT2D eigenvalue weighted by molar-refractivity contribution is 4.94. The Morgan fingerprint density at radius 3 is 3.00 bits per heavy atom. The molecule has 1 aromatic rings. The topological polar surface area (TPSA) is 40.7 Å². The van der Waals surface area contributed by atoms with Gasteiger partial charge in [0, 0.05) is 19.2 Å². The van der Waals surface area contributed by atoms with Crippen molar-refractivity contribution in [1.29, 1.82) is 0 Å². The van der Waals surface area contributed by atoms with E-state index in [1.165, 1.54) is 0 Å². The highest BCUT2D eigenvalue weighted by Gasteiger charge is 1.95. The van der Waals surface area contributed by atoms with Crippen LogP contribution in [-0.4, -0.2) is 23.1 Å². The van der Waals surface area contributed by atoms with Gasteiger partial charge >= 0.3 is 0 Å². The third-order valence-electron chi connectivity index (χ3n) is 1.67. The number of nitrogens with zero attached hydrogens (tertiary/aromatic N) is 1. The summed E-state index contributed by atoms with van der Waals surface area (Å²) in [5.74, 6) is 0.726. The van der Waals surface area contributed by atoms with Crippen LogP contribution in [0.3, 0.4) is 0 Å². The smallest absolute Gasteiger partial charge is 0.0923 e. The summed E-state index contributed by atoms with van der Waals surface area (Å²) in [5, 5.41) is 3.37. The largest absolute Gasteiger partial charge is 0.351 e. The summed E-state index contributed by atoms with van der Waals surface area (Å²) < 4.78 is 0. The SMILES string of the molecule is CC(C)CNCCc1c[nH]cn1. The van der Waals surface area contributed by atoms with Gasteiger partial charge in [-0.2, -0.15) is 0 Å². The van der Waals surface area contributed by atoms with Crippen LogP contribution in [0.1, 0.15) is 19.5 Å². The van der Waals surface area contributed by atoms with Crippen molar-refractivity contribution in [2.45, 2.75) is 20.3 Å². The summed E-state index contributed by atoms with van der Waals surface area (Å²) in [4.78, 5) is 7.08. The van der Waals surface area contributed by atoms with Crippen LogP contribution < -0.4 is 5.32 Å². The van der Waals surface area contributed by atoms with E-state index in [9.17, 15) is 0 Å². The van der Waals surface area contributed by atoms with Crippen molar-refractivity contribution >= 4 is 0 Å². The second-order valence-electron chi connectivity index (χ2n) is 3.41. The summed E-state index contributed by atoms with van der Waals surface area (Å²) in [6.07, 6.45) is 4.67. The highest BCUT2D eigenvalue weighted by Crippen LogP contribution is 1.91. The predicted octanol–water partition coefficient (Wildman–Crippen LogP) is 1.20. The molecule has 1 heterocycles. The highest BCUT2D eigenvalue weighted by atomic mass is 14.9. The number of aromatic amines is 1. The molecule has 0 saturated heterocycles. The quantitative estimate of drug-likeness (QED) is 0.647. The monoisotopic (exact) mass is 167 g/mol. The van der Waals surface area contributed by atoms with Crippen molar-refractivity contribution in [3.05, 3.63) is 18.2 Å². The molecule has 3 nitrogen and oxygen atoms in total.